The van der Waals surface area contributed by atoms with E-state index in [-0.39, 0.29) is 11.9 Å². The lowest BCUT2D eigenvalue weighted by Gasteiger charge is -2.30. The summed E-state index contributed by atoms with van der Waals surface area (Å²) >= 11 is 0. The largest absolute Gasteiger partial charge is 0.309 e. The van der Waals surface area contributed by atoms with Crippen molar-refractivity contribution in [2.75, 3.05) is 7.05 Å². The van der Waals surface area contributed by atoms with Gasteiger partial charge in [-0.3, -0.25) is 0 Å². The molecule has 1 atom stereocenters. The summed E-state index contributed by atoms with van der Waals surface area (Å²) in [4.78, 5) is 0. The Kier molecular flexibility index (Phi) is 4.07. The van der Waals surface area contributed by atoms with E-state index >= 15 is 0 Å². The second-order valence-corrected chi connectivity index (χ2v) is 6.00. The van der Waals surface area contributed by atoms with Crippen LogP contribution < -0.4 is 5.32 Å². The van der Waals surface area contributed by atoms with Crippen LogP contribution in [0.1, 0.15) is 53.5 Å². The molecule has 1 aliphatic rings. The Balaban J connectivity index is 2.03. The van der Waals surface area contributed by atoms with Gasteiger partial charge in [0.15, 0.2) is 0 Å². The highest BCUT2D eigenvalue weighted by atomic mass is 19.1. The molecule has 110 valence electrons. The molecule has 1 saturated carbocycles. The Morgan fingerprint density at radius 3 is 2.48 bits per heavy atom. The molecule has 1 nitrogen and oxygen atoms in total. The summed E-state index contributed by atoms with van der Waals surface area (Å²) in [6, 6.07) is 13.9. The fourth-order valence-corrected chi connectivity index (χ4v) is 3.21. The predicted octanol–water partition coefficient (Wildman–Crippen LogP) is 4.71. The minimum absolute atomic E-state index is 0.0811. The van der Waals surface area contributed by atoms with Crippen molar-refractivity contribution in [2.45, 2.75) is 38.1 Å². The monoisotopic (exact) mass is 283 g/mol. The summed E-state index contributed by atoms with van der Waals surface area (Å²) in [6.07, 6.45) is 3.82. The highest BCUT2D eigenvalue weighted by Gasteiger charge is 2.26. The number of nitrogens with one attached hydrogen (secondary N) is 1. The molecule has 0 spiro atoms. The summed E-state index contributed by atoms with van der Waals surface area (Å²) in [7, 11) is 1.90. The standard InChI is InChI=1S/C19H22FN/c1-13-10-11-17(18(20)12-13)19(21-2)16-9-4-3-8-15(16)14-6-5-7-14/h3-4,8-12,14,19,21H,5-7H2,1-2H3. The lowest BCUT2D eigenvalue weighted by Crippen LogP contribution is -2.22. The smallest absolute Gasteiger partial charge is 0.128 e. The van der Waals surface area contributed by atoms with Gasteiger partial charge >= 0.3 is 0 Å². The molecule has 2 aromatic carbocycles. The van der Waals surface area contributed by atoms with E-state index in [0.29, 0.717) is 5.92 Å². The Labute approximate surface area is 126 Å². The van der Waals surface area contributed by atoms with Crippen LogP contribution in [0.4, 0.5) is 4.39 Å². The summed E-state index contributed by atoms with van der Waals surface area (Å²) in [5.74, 6) is 0.517. The zero-order chi connectivity index (χ0) is 14.8. The first-order valence-electron chi connectivity index (χ1n) is 7.73. The Bertz CT molecular complexity index is 631. The highest BCUT2D eigenvalue weighted by Crippen LogP contribution is 2.40. The van der Waals surface area contributed by atoms with Gasteiger partial charge in [-0.2, -0.15) is 0 Å². The SMILES string of the molecule is CNC(c1ccc(C)cc1F)c1ccccc1C1CCC1. The Hall–Kier alpha value is -1.67. The number of benzene rings is 2. The van der Waals surface area contributed by atoms with Crippen LogP contribution in [-0.4, -0.2) is 7.05 Å². The molecular weight excluding hydrogens is 261 g/mol. The molecule has 1 fully saturated rings. The Morgan fingerprint density at radius 2 is 1.86 bits per heavy atom. The van der Waals surface area contributed by atoms with Crippen LogP contribution >= 0.6 is 0 Å². The van der Waals surface area contributed by atoms with E-state index in [2.05, 4.69) is 23.5 Å². The first kappa shape index (κ1) is 14.3. The Morgan fingerprint density at radius 1 is 1.10 bits per heavy atom. The van der Waals surface area contributed by atoms with Gasteiger partial charge in [-0.05, 0) is 55.5 Å². The van der Waals surface area contributed by atoms with Gasteiger partial charge in [0.1, 0.15) is 5.82 Å². The van der Waals surface area contributed by atoms with Crippen LogP contribution in [0.25, 0.3) is 0 Å². The molecule has 0 bridgehead atoms. The number of hydrogen-bond donors (Lipinski definition) is 1. The molecule has 3 rings (SSSR count). The van der Waals surface area contributed by atoms with Crippen molar-refractivity contribution in [3.8, 4) is 0 Å². The minimum Gasteiger partial charge on any atom is -0.309 e. The van der Waals surface area contributed by atoms with Crippen molar-refractivity contribution < 1.29 is 4.39 Å². The molecule has 0 heterocycles. The second-order valence-electron chi connectivity index (χ2n) is 6.00. The van der Waals surface area contributed by atoms with Gasteiger partial charge in [0.05, 0.1) is 6.04 Å². The summed E-state index contributed by atoms with van der Waals surface area (Å²) in [6.45, 7) is 1.92. The lowest BCUT2D eigenvalue weighted by atomic mass is 9.76. The highest BCUT2D eigenvalue weighted by molar-refractivity contribution is 5.41. The van der Waals surface area contributed by atoms with Crippen molar-refractivity contribution in [1.29, 1.82) is 0 Å². The maximum Gasteiger partial charge on any atom is 0.128 e. The van der Waals surface area contributed by atoms with Crippen molar-refractivity contribution in [3.63, 3.8) is 0 Å². The van der Waals surface area contributed by atoms with Crippen LogP contribution in [0.5, 0.6) is 0 Å². The first-order valence-corrected chi connectivity index (χ1v) is 7.73. The van der Waals surface area contributed by atoms with Crippen molar-refractivity contribution in [2.24, 2.45) is 0 Å². The van der Waals surface area contributed by atoms with Gasteiger partial charge in [0.2, 0.25) is 0 Å². The average Bonchev–Trinajstić information content (AvgIpc) is 2.41. The zero-order valence-corrected chi connectivity index (χ0v) is 12.7. The molecular formula is C19H22FN. The molecule has 1 N–H and O–H groups in total. The third-order valence-corrected chi connectivity index (χ3v) is 4.61. The van der Waals surface area contributed by atoms with Crippen LogP contribution in [0.2, 0.25) is 0 Å². The summed E-state index contributed by atoms with van der Waals surface area (Å²) in [5, 5.41) is 3.30. The molecule has 2 aromatic rings. The molecule has 2 heteroatoms. The molecule has 0 aromatic heterocycles. The third kappa shape index (κ3) is 2.73. The van der Waals surface area contributed by atoms with E-state index < -0.39 is 0 Å². The normalized spacial score (nSPS) is 16.5. The minimum atomic E-state index is -0.127. The number of aryl methyl sites for hydroxylation is 1. The van der Waals surface area contributed by atoms with Crippen molar-refractivity contribution >= 4 is 0 Å². The van der Waals surface area contributed by atoms with Gasteiger partial charge in [-0.25, -0.2) is 4.39 Å². The summed E-state index contributed by atoms with van der Waals surface area (Å²) < 4.78 is 14.4. The average molecular weight is 283 g/mol. The quantitative estimate of drug-likeness (QED) is 0.857. The van der Waals surface area contributed by atoms with E-state index in [0.717, 1.165) is 11.1 Å². The van der Waals surface area contributed by atoms with Gasteiger partial charge in [-0.1, -0.05) is 42.8 Å². The van der Waals surface area contributed by atoms with Crippen LogP contribution in [0.3, 0.4) is 0 Å². The van der Waals surface area contributed by atoms with Crippen LogP contribution in [-0.2, 0) is 0 Å². The maximum atomic E-state index is 14.4. The first-order chi connectivity index (χ1) is 10.2. The van der Waals surface area contributed by atoms with E-state index in [1.165, 1.54) is 30.4 Å². The molecule has 0 amide bonds. The fourth-order valence-electron chi connectivity index (χ4n) is 3.21. The molecule has 0 saturated heterocycles. The molecule has 0 aliphatic heterocycles. The second kappa shape index (κ2) is 5.98. The molecule has 1 aliphatic carbocycles. The van der Waals surface area contributed by atoms with Gasteiger partial charge in [0, 0.05) is 5.56 Å². The number of hydrogen-bond acceptors (Lipinski definition) is 1. The number of rotatable bonds is 4. The molecule has 1 unspecified atom stereocenters. The maximum absolute atomic E-state index is 14.4. The van der Waals surface area contributed by atoms with E-state index in [1.54, 1.807) is 6.07 Å². The molecule has 0 radical (unpaired) electrons. The van der Waals surface area contributed by atoms with Gasteiger partial charge < -0.3 is 5.32 Å². The van der Waals surface area contributed by atoms with Crippen LogP contribution in [0.15, 0.2) is 42.5 Å². The van der Waals surface area contributed by atoms with Gasteiger partial charge in [-0.15, -0.1) is 0 Å². The lowest BCUT2D eigenvalue weighted by molar-refractivity contribution is 0.414. The summed E-state index contributed by atoms with van der Waals surface area (Å²) in [5.41, 5.74) is 4.28. The molecule has 21 heavy (non-hydrogen) atoms. The zero-order valence-electron chi connectivity index (χ0n) is 12.7. The van der Waals surface area contributed by atoms with Crippen molar-refractivity contribution in [1.82, 2.24) is 5.32 Å². The van der Waals surface area contributed by atoms with Gasteiger partial charge in [0.25, 0.3) is 0 Å². The fraction of sp³-hybridized carbons (Fsp3) is 0.368. The predicted molar refractivity (Wildman–Crippen MR) is 85.1 cm³/mol. The van der Waals surface area contributed by atoms with Crippen molar-refractivity contribution in [3.05, 3.63) is 70.5 Å². The van der Waals surface area contributed by atoms with E-state index in [4.69, 9.17) is 0 Å². The third-order valence-electron chi connectivity index (χ3n) is 4.61. The van der Waals surface area contributed by atoms with Crippen LogP contribution in [0, 0.1) is 12.7 Å². The number of halogens is 1. The van der Waals surface area contributed by atoms with E-state index in [9.17, 15) is 4.39 Å². The topological polar surface area (TPSA) is 12.0 Å². The van der Waals surface area contributed by atoms with E-state index in [1.807, 2.05) is 32.2 Å².